The molecule has 4 N–H and O–H groups in total. The molecule has 2 aromatic rings. The molecule has 0 atom stereocenters. The van der Waals surface area contributed by atoms with Crippen LogP contribution in [0.5, 0.6) is 0 Å². The predicted octanol–water partition coefficient (Wildman–Crippen LogP) is 1.70. The van der Waals surface area contributed by atoms with Gasteiger partial charge in [-0.3, -0.25) is 5.10 Å². The number of benzene rings is 1. The number of nitrogens with zero attached hydrogens (tertiary/aromatic N) is 1. The number of H-pyrrole nitrogens is 1. The van der Waals surface area contributed by atoms with E-state index in [4.69, 9.17) is 5.73 Å². The number of hydrogen-bond acceptors (Lipinski definition) is 3. The van der Waals surface area contributed by atoms with Crippen LogP contribution in [0, 0.1) is 0 Å². The van der Waals surface area contributed by atoms with Gasteiger partial charge in [0.1, 0.15) is 17.2 Å². The van der Waals surface area contributed by atoms with Crippen LogP contribution in [-0.4, -0.2) is 17.2 Å². The number of nitrogen functional groups attached to an aromatic ring is 1. The highest BCUT2D eigenvalue weighted by atomic mass is 15.2. The second kappa shape index (κ2) is 3.41. The van der Waals surface area contributed by atoms with Gasteiger partial charge in [-0.2, -0.15) is 5.10 Å². The molecule has 72 valence electrons. The summed E-state index contributed by atoms with van der Waals surface area (Å²) in [5, 5.41) is 9.92. The summed E-state index contributed by atoms with van der Waals surface area (Å²) in [5.74, 6) is 0.754. The highest BCUT2D eigenvalue weighted by Crippen LogP contribution is 2.28. The third-order valence-electron chi connectivity index (χ3n) is 2.10. The van der Waals surface area contributed by atoms with E-state index in [1.165, 1.54) is 0 Å². The van der Waals surface area contributed by atoms with Crippen molar-refractivity contribution in [1.82, 2.24) is 10.2 Å². The van der Waals surface area contributed by atoms with E-state index in [0.717, 1.165) is 17.1 Å². The minimum Gasteiger partial charge on any atom is -0.394 e. The lowest BCUT2D eigenvalue weighted by atomic mass is 10.1. The lowest BCUT2D eigenvalue weighted by Crippen LogP contribution is -1.93. The van der Waals surface area contributed by atoms with Crippen LogP contribution in [-0.2, 0) is 0 Å². The van der Waals surface area contributed by atoms with E-state index in [0.29, 0.717) is 5.69 Å². The van der Waals surface area contributed by atoms with Crippen molar-refractivity contribution in [2.75, 3.05) is 18.1 Å². The second-order valence-electron chi connectivity index (χ2n) is 2.98. The zero-order valence-corrected chi connectivity index (χ0v) is 7.91. The molecule has 1 heterocycles. The van der Waals surface area contributed by atoms with Crippen LogP contribution >= 0.6 is 0 Å². The Morgan fingerprint density at radius 1 is 1.29 bits per heavy atom. The number of aromatic nitrogens is 2. The summed E-state index contributed by atoms with van der Waals surface area (Å²) in [7, 11) is 1.80. The van der Waals surface area contributed by atoms with Gasteiger partial charge in [0.15, 0.2) is 0 Å². The van der Waals surface area contributed by atoms with E-state index < -0.39 is 0 Å². The number of nitrogens with two attached hydrogens (primary N) is 1. The van der Waals surface area contributed by atoms with Gasteiger partial charge in [0.2, 0.25) is 0 Å². The molecule has 4 heteroatoms. The van der Waals surface area contributed by atoms with E-state index in [-0.39, 0.29) is 0 Å². The van der Waals surface area contributed by atoms with Crippen molar-refractivity contribution in [3.63, 3.8) is 0 Å². The van der Waals surface area contributed by atoms with Crippen molar-refractivity contribution in [2.45, 2.75) is 0 Å². The van der Waals surface area contributed by atoms with Gasteiger partial charge in [0, 0.05) is 12.6 Å². The molecule has 14 heavy (non-hydrogen) atoms. The molecule has 4 nitrogen and oxygen atoms in total. The molecule has 0 bridgehead atoms. The molecule has 1 aromatic carbocycles. The number of aromatic amines is 1. The van der Waals surface area contributed by atoms with Crippen molar-refractivity contribution in [3.05, 3.63) is 30.3 Å². The van der Waals surface area contributed by atoms with E-state index >= 15 is 0 Å². The summed E-state index contributed by atoms with van der Waals surface area (Å²) < 4.78 is 0. The van der Waals surface area contributed by atoms with E-state index in [1.807, 2.05) is 30.3 Å². The normalized spacial score (nSPS) is 10.1. The monoisotopic (exact) mass is 188 g/mol. The Labute approximate surface area is 82.1 Å². The maximum Gasteiger partial charge on any atom is 0.145 e. The molecule has 0 saturated heterocycles. The number of rotatable bonds is 2. The van der Waals surface area contributed by atoms with Crippen LogP contribution in [0.2, 0.25) is 0 Å². The first-order chi connectivity index (χ1) is 6.83. The predicted molar refractivity (Wildman–Crippen MR) is 58.0 cm³/mol. The molecule has 2 rings (SSSR count). The first kappa shape index (κ1) is 8.62. The Hall–Kier alpha value is -1.97. The molecule has 0 saturated carbocycles. The molecule has 1 aromatic heterocycles. The van der Waals surface area contributed by atoms with Crippen LogP contribution in [0.4, 0.5) is 11.5 Å². The average molecular weight is 188 g/mol. The zero-order chi connectivity index (χ0) is 9.97. The Kier molecular flexibility index (Phi) is 2.10. The Morgan fingerprint density at radius 3 is 2.57 bits per heavy atom. The zero-order valence-electron chi connectivity index (χ0n) is 7.91. The fraction of sp³-hybridized carbons (Fsp3) is 0.100. The van der Waals surface area contributed by atoms with Crippen molar-refractivity contribution in [2.24, 2.45) is 0 Å². The smallest absolute Gasteiger partial charge is 0.145 e. The first-order valence-electron chi connectivity index (χ1n) is 4.40. The minimum absolute atomic E-state index is 0.652. The van der Waals surface area contributed by atoms with Gasteiger partial charge in [-0.1, -0.05) is 30.3 Å². The lowest BCUT2D eigenvalue weighted by Gasteiger charge is -1.98. The van der Waals surface area contributed by atoms with Gasteiger partial charge >= 0.3 is 0 Å². The summed E-state index contributed by atoms with van der Waals surface area (Å²) in [4.78, 5) is 0. The Balaban J connectivity index is 2.48. The summed E-state index contributed by atoms with van der Waals surface area (Å²) in [6.07, 6.45) is 0. The summed E-state index contributed by atoms with van der Waals surface area (Å²) >= 11 is 0. The van der Waals surface area contributed by atoms with Crippen molar-refractivity contribution < 1.29 is 0 Å². The lowest BCUT2D eigenvalue weighted by molar-refractivity contribution is 1.09. The molecule has 0 unspecified atom stereocenters. The molecular weight excluding hydrogens is 176 g/mol. The SMILES string of the molecule is CNc1[nH]nc(-c2ccccc2)c1N. The molecule has 0 spiro atoms. The van der Waals surface area contributed by atoms with Gasteiger partial charge < -0.3 is 11.1 Å². The number of anilines is 2. The maximum absolute atomic E-state index is 5.89. The minimum atomic E-state index is 0.652. The Bertz CT molecular complexity index is 419. The third-order valence-corrected chi connectivity index (χ3v) is 2.10. The highest BCUT2D eigenvalue weighted by Gasteiger charge is 2.09. The molecule has 0 aliphatic heterocycles. The maximum atomic E-state index is 5.89. The average Bonchev–Trinajstić information content (AvgIpc) is 2.61. The molecular formula is C10H12N4. The fourth-order valence-electron chi connectivity index (χ4n) is 1.36. The summed E-state index contributed by atoms with van der Waals surface area (Å²) in [6, 6.07) is 9.84. The molecule has 0 aliphatic carbocycles. The van der Waals surface area contributed by atoms with Crippen LogP contribution in [0.1, 0.15) is 0 Å². The van der Waals surface area contributed by atoms with Gasteiger partial charge in [-0.15, -0.1) is 0 Å². The van der Waals surface area contributed by atoms with Crippen LogP contribution in [0.25, 0.3) is 11.3 Å². The fourth-order valence-corrected chi connectivity index (χ4v) is 1.36. The van der Waals surface area contributed by atoms with E-state index in [9.17, 15) is 0 Å². The van der Waals surface area contributed by atoms with E-state index in [1.54, 1.807) is 7.05 Å². The van der Waals surface area contributed by atoms with Crippen molar-refractivity contribution >= 4 is 11.5 Å². The van der Waals surface area contributed by atoms with Crippen LogP contribution in [0.3, 0.4) is 0 Å². The second-order valence-corrected chi connectivity index (χ2v) is 2.98. The summed E-state index contributed by atoms with van der Waals surface area (Å²) in [6.45, 7) is 0. The highest BCUT2D eigenvalue weighted by molar-refractivity contribution is 5.80. The van der Waals surface area contributed by atoms with Crippen LogP contribution in [0.15, 0.2) is 30.3 Å². The van der Waals surface area contributed by atoms with Gasteiger partial charge in [-0.25, -0.2) is 0 Å². The largest absolute Gasteiger partial charge is 0.394 e. The van der Waals surface area contributed by atoms with Gasteiger partial charge in [0.25, 0.3) is 0 Å². The van der Waals surface area contributed by atoms with Crippen molar-refractivity contribution in [1.29, 1.82) is 0 Å². The molecule has 0 radical (unpaired) electrons. The molecule has 0 aliphatic rings. The van der Waals surface area contributed by atoms with Gasteiger partial charge in [0.05, 0.1) is 0 Å². The number of nitrogens with one attached hydrogen (secondary N) is 2. The quantitative estimate of drug-likeness (QED) is 0.672. The van der Waals surface area contributed by atoms with E-state index in [2.05, 4.69) is 15.5 Å². The first-order valence-corrected chi connectivity index (χ1v) is 4.40. The summed E-state index contributed by atoms with van der Waals surface area (Å²) in [5.41, 5.74) is 8.34. The third kappa shape index (κ3) is 1.31. The topological polar surface area (TPSA) is 66.7 Å². The molecule has 0 fully saturated rings. The van der Waals surface area contributed by atoms with Crippen LogP contribution < -0.4 is 11.1 Å². The number of hydrogen-bond donors (Lipinski definition) is 3. The standard InChI is InChI=1S/C10H12N4/c1-12-10-8(11)9(13-14-10)7-5-3-2-4-6-7/h2-6H,11H2,1H3,(H2,12,13,14). The molecule has 0 amide bonds. The Morgan fingerprint density at radius 2 is 2.00 bits per heavy atom. The van der Waals surface area contributed by atoms with Gasteiger partial charge in [-0.05, 0) is 0 Å². The van der Waals surface area contributed by atoms with Crippen molar-refractivity contribution in [3.8, 4) is 11.3 Å².